The third kappa shape index (κ3) is 12.4. The van der Waals surface area contributed by atoms with E-state index in [1.54, 1.807) is 50.2 Å². The van der Waals surface area contributed by atoms with Crippen molar-refractivity contribution in [2.75, 3.05) is 32.7 Å². The number of hydrogen-bond acceptors (Lipinski definition) is 13. The molecule has 0 fully saturated rings. The zero-order chi connectivity index (χ0) is 55.0. The average Bonchev–Trinajstić information content (AvgIpc) is 4.10. The van der Waals surface area contributed by atoms with E-state index in [-0.39, 0.29) is 99.8 Å². The maximum absolute atomic E-state index is 15.4. The number of ether oxygens (including phenoxy) is 1. The molecule has 0 saturated carbocycles. The number of rotatable bonds is 24. The fourth-order valence-corrected chi connectivity index (χ4v) is 10.3. The molecule has 3 aliphatic heterocycles. The summed E-state index contributed by atoms with van der Waals surface area (Å²) in [7, 11) is 0. The number of amides is 8. The number of pyridine rings is 2. The number of cyclic esters (lactones) is 1. The Kier molecular flexibility index (Phi) is 17.3. The van der Waals surface area contributed by atoms with Crippen molar-refractivity contribution in [2.45, 2.75) is 122 Å². The summed E-state index contributed by atoms with van der Waals surface area (Å²) in [5.41, 5.74) is 2.49. The van der Waals surface area contributed by atoms with Crippen molar-refractivity contribution >= 4 is 64.1 Å². The molecule has 21 nitrogen and oxygen atoms in total. The number of hydrogen-bond donors (Lipinski definition) is 7. The second-order valence-electron chi connectivity index (χ2n) is 19.7. The third-order valence-electron chi connectivity index (χ3n) is 14.6. The molecule has 7 N–H and O–H groups in total. The van der Waals surface area contributed by atoms with Crippen molar-refractivity contribution in [2.24, 2.45) is 0 Å². The lowest BCUT2D eigenvalue weighted by Crippen LogP contribution is -2.52. The van der Waals surface area contributed by atoms with Crippen molar-refractivity contribution < 1.29 is 57.4 Å². The van der Waals surface area contributed by atoms with E-state index in [0.717, 1.165) is 27.0 Å². The molecule has 77 heavy (non-hydrogen) atoms. The Hall–Kier alpha value is -8.14. The molecule has 4 aliphatic rings. The summed E-state index contributed by atoms with van der Waals surface area (Å²) in [6.45, 7) is 2.43. The van der Waals surface area contributed by atoms with Crippen LogP contribution in [-0.4, -0.2) is 112 Å². The quantitative estimate of drug-likeness (QED) is 0.0264. The van der Waals surface area contributed by atoms with Crippen LogP contribution in [-0.2, 0) is 79.5 Å². The van der Waals surface area contributed by atoms with Gasteiger partial charge in [0.25, 0.3) is 17.4 Å². The highest BCUT2D eigenvalue weighted by molar-refractivity contribution is 6.12. The Morgan fingerprint density at radius 1 is 0.805 bits per heavy atom. The van der Waals surface area contributed by atoms with Crippen molar-refractivity contribution in [1.29, 1.82) is 0 Å². The maximum atomic E-state index is 15.4. The number of aliphatic hydroxyl groups is 1. The lowest BCUT2D eigenvalue weighted by Gasteiger charge is -2.31. The third-order valence-corrected chi connectivity index (χ3v) is 14.6. The molecule has 0 radical (unpaired) electrons. The molecular weight excluding hydrogens is 998 g/mol. The number of aryl methyl sites for hydroxylation is 1. The highest BCUT2D eigenvalue weighted by Crippen LogP contribution is 2.46. The lowest BCUT2D eigenvalue weighted by atomic mass is 9.81. The SMILES string of the molecule is CC[C@@]1(O)C(=O)OCc2c1cc1n(c2=O)Cc2c-1nc1cc(F)c(C)c3c1c2[C@@H](NC(=O)CCCCCNC(=O)CNC(=O)[C@H](Cc1ccccc1)NC(=O)CNC(=O)CNC(=O)CCCCCN1C(=O)C=CC1=O)CC3. The standard InChI is InChI=1S/C55H62FN9O12/c1-3-55(76)36-24-41-51-34(29-65(41)53(74)35(36)30-77-54(55)75)50-38(18-17-33-31(2)37(56)25-39(63-51)49(33)50)61-43(67)16-9-5-11-21-57-44(68)27-60-52(73)40(23-32-13-7-4-8-14-32)62-46(70)28-59-45(69)26-58-42(66)15-10-6-12-22-64-47(71)19-20-48(64)72/h4,7-8,13-14,19-20,24-25,38,40,76H,3,5-6,9-12,15-18,21-23,26-30H2,1-2H3,(H,57,68)(H,58,66)(H,59,69)(H,60,73)(H,61,67)(H,62,70)/t38-,40-,55-/m0/s1. The predicted molar refractivity (Wildman–Crippen MR) is 275 cm³/mol. The van der Waals surface area contributed by atoms with Crippen molar-refractivity contribution in [3.63, 3.8) is 0 Å². The van der Waals surface area contributed by atoms with Gasteiger partial charge < -0.3 is 46.3 Å². The molecule has 0 saturated heterocycles. The molecule has 3 atom stereocenters. The maximum Gasteiger partial charge on any atom is 0.343 e. The molecule has 5 heterocycles. The molecule has 4 aromatic rings. The zero-order valence-electron chi connectivity index (χ0n) is 42.9. The van der Waals surface area contributed by atoms with Crippen LogP contribution in [0.3, 0.4) is 0 Å². The number of nitrogens with zero attached hydrogens (tertiary/aromatic N) is 3. The number of imide groups is 1. The van der Waals surface area contributed by atoms with Crippen LogP contribution in [0.1, 0.15) is 116 Å². The van der Waals surface area contributed by atoms with Crippen LogP contribution in [0, 0.1) is 12.7 Å². The van der Waals surface area contributed by atoms with Gasteiger partial charge in [0.2, 0.25) is 35.4 Å². The number of carbonyl (C=O) groups is 9. The number of carbonyl (C=O) groups excluding carboxylic acids is 9. The van der Waals surface area contributed by atoms with Gasteiger partial charge in [-0.25, -0.2) is 14.2 Å². The van der Waals surface area contributed by atoms with Crippen molar-refractivity contribution in [3.05, 3.63) is 110 Å². The van der Waals surface area contributed by atoms with Gasteiger partial charge in [-0.3, -0.25) is 48.1 Å². The van der Waals surface area contributed by atoms with E-state index in [9.17, 15) is 53.1 Å². The first-order chi connectivity index (χ1) is 37.0. The van der Waals surface area contributed by atoms with E-state index in [1.807, 2.05) is 0 Å². The molecule has 2 aromatic carbocycles. The van der Waals surface area contributed by atoms with Crippen molar-refractivity contribution in [1.82, 2.24) is 46.4 Å². The molecule has 406 valence electrons. The largest absolute Gasteiger partial charge is 0.458 e. The van der Waals surface area contributed by atoms with Crippen LogP contribution in [0.15, 0.2) is 59.4 Å². The smallest absolute Gasteiger partial charge is 0.343 e. The van der Waals surface area contributed by atoms with Gasteiger partial charge in [0, 0.05) is 67.1 Å². The van der Waals surface area contributed by atoms with Gasteiger partial charge in [0.05, 0.1) is 54.7 Å². The van der Waals surface area contributed by atoms with E-state index < -0.39 is 65.2 Å². The van der Waals surface area contributed by atoms with E-state index in [2.05, 4.69) is 31.9 Å². The minimum absolute atomic E-state index is 0.0244. The Morgan fingerprint density at radius 3 is 2.22 bits per heavy atom. The number of halogens is 1. The van der Waals surface area contributed by atoms with Gasteiger partial charge in [-0.15, -0.1) is 0 Å². The number of benzene rings is 2. The Bertz CT molecular complexity index is 3120. The molecule has 8 rings (SSSR count). The number of unbranched alkanes of at least 4 members (excludes halogenated alkanes) is 4. The highest BCUT2D eigenvalue weighted by Gasteiger charge is 2.46. The molecule has 0 bridgehead atoms. The van der Waals surface area contributed by atoms with Crippen LogP contribution in [0.25, 0.3) is 22.3 Å². The van der Waals surface area contributed by atoms with Crippen LogP contribution >= 0.6 is 0 Å². The molecule has 22 heteroatoms. The Morgan fingerprint density at radius 2 is 1.48 bits per heavy atom. The lowest BCUT2D eigenvalue weighted by molar-refractivity contribution is -0.172. The summed E-state index contributed by atoms with van der Waals surface area (Å²) in [5.74, 6) is -5.01. The number of esters is 1. The Balaban J connectivity index is 0.770. The zero-order valence-corrected chi connectivity index (χ0v) is 42.9. The van der Waals surface area contributed by atoms with Crippen LogP contribution in [0.4, 0.5) is 4.39 Å². The molecule has 0 unspecified atom stereocenters. The van der Waals surface area contributed by atoms with Gasteiger partial charge in [0.15, 0.2) is 5.60 Å². The average molecular weight is 1060 g/mol. The number of fused-ring (bicyclic) bond motifs is 5. The first-order valence-electron chi connectivity index (χ1n) is 26.0. The number of aromatic nitrogens is 2. The summed E-state index contributed by atoms with van der Waals surface area (Å²) >= 11 is 0. The fraction of sp³-hybridized carbons (Fsp3) is 0.436. The van der Waals surface area contributed by atoms with Crippen LogP contribution in [0.2, 0.25) is 0 Å². The predicted octanol–water partition coefficient (Wildman–Crippen LogP) is 1.87. The summed E-state index contributed by atoms with van der Waals surface area (Å²) in [5, 5.41) is 28.1. The minimum atomic E-state index is -2.02. The summed E-state index contributed by atoms with van der Waals surface area (Å²) in [6, 6.07) is 10.3. The normalized spacial score (nSPS) is 17.2. The molecular formula is C55H62FN9O12. The van der Waals surface area contributed by atoms with E-state index in [0.29, 0.717) is 79.4 Å². The van der Waals surface area contributed by atoms with E-state index >= 15 is 4.39 Å². The molecule has 2 aromatic heterocycles. The topological polar surface area (TPSA) is 293 Å². The molecule has 1 aliphatic carbocycles. The van der Waals surface area contributed by atoms with Gasteiger partial charge in [0.1, 0.15) is 18.5 Å². The second kappa shape index (κ2) is 24.2. The summed E-state index contributed by atoms with van der Waals surface area (Å²) in [6.07, 6.45) is 6.93. The van der Waals surface area contributed by atoms with Crippen molar-refractivity contribution in [3.8, 4) is 11.4 Å². The fourth-order valence-electron chi connectivity index (χ4n) is 10.3. The van der Waals surface area contributed by atoms with E-state index in [4.69, 9.17) is 9.72 Å². The Labute approximate surface area is 442 Å². The summed E-state index contributed by atoms with van der Waals surface area (Å²) in [4.78, 5) is 133. The van der Waals surface area contributed by atoms with Gasteiger partial charge in [-0.05, 0) is 80.2 Å². The van der Waals surface area contributed by atoms with E-state index in [1.165, 1.54) is 22.8 Å². The van der Waals surface area contributed by atoms with Gasteiger partial charge in [-0.1, -0.05) is 50.1 Å². The highest BCUT2D eigenvalue weighted by atomic mass is 19.1. The van der Waals surface area contributed by atoms with Crippen LogP contribution in [0.5, 0.6) is 0 Å². The number of nitrogens with one attached hydrogen (secondary N) is 6. The van der Waals surface area contributed by atoms with Crippen LogP contribution < -0.4 is 37.5 Å². The van der Waals surface area contributed by atoms with Gasteiger partial charge >= 0.3 is 5.97 Å². The molecule has 0 spiro atoms. The minimum Gasteiger partial charge on any atom is -0.458 e. The first kappa shape index (κ1) is 55.1. The van der Waals surface area contributed by atoms with Gasteiger partial charge in [-0.2, -0.15) is 0 Å². The summed E-state index contributed by atoms with van der Waals surface area (Å²) < 4.78 is 22.1. The first-order valence-corrected chi connectivity index (χ1v) is 26.0. The second-order valence-corrected chi connectivity index (χ2v) is 19.7. The molecule has 8 amide bonds. The monoisotopic (exact) mass is 1060 g/mol.